The van der Waals surface area contributed by atoms with E-state index in [2.05, 4.69) is 25.4 Å². The first-order valence-corrected chi connectivity index (χ1v) is 7.76. The topological polar surface area (TPSA) is 91.7 Å². The van der Waals surface area contributed by atoms with Crippen molar-refractivity contribution in [2.45, 2.75) is 19.9 Å². The quantitative estimate of drug-likeness (QED) is 0.746. The van der Waals surface area contributed by atoms with Crippen LogP contribution in [-0.2, 0) is 4.79 Å². The molecule has 3 aromatic rings. The van der Waals surface area contributed by atoms with Crippen LogP contribution in [0.15, 0.2) is 35.8 Å². The number of carbonyl (C=O) groups excluding carboxylic acids is 1. The number of benzene rings is 1. The number of allylic oxidation sites excluding steroid dienone is 1. The second-order valence-electron chi connectivity index (χ2n) is 5.94. The Kier molecular flexibility index (Phi) is 3.31. The van der Waals surface area contributed by atoms with E-state index in [4.69, 9.17) is 0 Å². The molecule has 0 fully saturated rings. The highest BCUT2D eigenvalue weighted by Crippen LogP contribution is 2.32. The van der Waals surface area contributed by atoms with Gasteiger partial charge in [0.15, 0.2) is 0 Å². The summed E-state index contributed by atoms with van der Waals surface area (Å²) in [6, 6.07) is 3.95. The number of nitrogens with zero attached hydrogens (tertiary/aromatic N) is 5. The summed E-state index contributed by atoms with van der Waals surface area (Å²) in [6.45, 7) is 3.75. The molecule has 25 heavy (non-hydrogen) atoms. The standard InChI is InChI=1S/C16H16FN7O/c1-8-13(9(2)24-16(23(8)3)18-7-19-24)14(25)22-15-20-11-5-4-10(17)6-12(11)21-15/h4-7,9H,1-3H3,(H2,20,21,22,25)/t9-/m0/s1. The molecule has 1 aliphatic heterocycles. The molecule has 0 spiro atoms. The first kappa shape index (κ1) is 15.3. The predicted octanol–water partition coefficient (Wildman–Crippen LogP) is 2.22. The maximum absolute atomic E-state index is 13.3. The van der Waals surface area contributed by atoms with Gasteiger partial charge in [0.1, 0.15) is 12.1 Å². The number of H-pyrrole nitrogens is 1. The summed E-state index contributed by atoms with van der Waals surface area (Å²) in [7, 11) is 1.83. The number of halogens is 1. The van der Waals surface area contributed by atoms with Crippen LogP contribution in [0.25, 0.3) is 11.0 Å². The number of carbonyl (C=O) groups is 1. The van der Waals surface area contributed by atoms with Gasteiger partial charge < -0.3 is 9.88 Å². The van der Waals surface area contributed by atoms with Crippen LogP contribution in [0.4, 0.5) is 16.3 Å². The van der Waals surface area contributed by atoms with Gasteiger partial charge in [-0.3, -0.25) is 10.1 Å². The molecule has 1 atom stereocenters. The van der Waals surface area contributed by atoms with Crippen molar-refractivity contribution in [3.05, 3.63) is 41.6 Å². The molecule has 0 radical (unpaired) electrons. The minimum atomic E-state index is -0.367. The van der Waals surface area contributed by atoms with Crippen LogP contribution < -0.4 is 10.2 Å². The maximum Gasteiger partial charge on any atom is 0.257 e. The average molecular weight is 341 g/mol. The molecule has 3 heterocycles. The lowest BCUT2D eigenvalue weighted by Crippen LogP contribution is -2.34. The number of rotatable bonds is 2. The van der Waals surface area contributed by atoms with Crippen molar-refractivity contribution < 1.29 is 9.18 Å². The summed E-state index contributed by atoms with van der Waals surface area (Å²) in [5, 5.41) is 6.94. The number of hydrogen-bond acceptors (Lipinski definition) is 5. The lowest BCUT2D eigenvalue weighted by atomic mass is 10.0. The summed E-state index contributed by atoms with van der Waals surface area (Å²) >= 11 is 0. The molecular weight excluding hydrogens is 325 g/mol. The molecule has 0 bridgehead atoms. The number of hydrogen-bond donors (Lipinski definition) is 2. The minimum Gasteiger partial charge on any atom is -0.324 e. The summed E-state index contributed by atoms with van der Waals surface area (Å²) in [6.07, 6.45) is 1.46. The number of aromatic amines is 1. The van der Waals surface area contributed by atoms with E-state index in [-0.39, 0.29) is 23.7 Å². The Morgan fingerprint density at radius 1 is 1.40 bits per heavy atom. The van der Waals surface area contributed by atoms with Crippen LogP contribution in [0.1, 0.15) is 19.9 Å². The molecule has 1 amide bonds. The number of imidazole rings is 1. The van der Waals surface area contributed by atoms with Crippen molar-refractivity contribution in [3.8, 4) is 0 Å². The van der Waals surface area contributed by atoms with Gasteiger partial charge in [0.25, 0.3) is 5.91 Å². The van der Waals surface area contributed by atoms with Gasteiger partial charge in [0, 0.05) is 12.7 Å². The van der Waals surface area contributed by atoms with Crippen molar-refractivity contribution in [3.63, 3.8) is 0 Å². The smallest absolute Gasteiger partial charge is 0.257 e. The number of aromatic nitrogens is 5. The third-order valence-electron chi connectivity index (χ3n) is 4.45. The highest BCUT2D eigenvalue weighted by atomic mass is 19.1. The Bertz CT molecular complexity index is 1020. The SMILES string of the molecule is CC1=C(C(=O)Nc2nc3ccc(F)cc3[nH]2)[C@H](C)n2ncnc2N1C. The Morgan fingerprint density at radius 2 is 2.20 bits per heavy atom. The molecule has 4 rings (SSSR count). The van der Waals surface area contributed by atoms with E-state index in [9.17, 15) is 9.18 Å². The zero-order valence-electron chi connectivity index (χ0n) is 13.9. The van der Waals surface area contributed by atoms with Gasteiger partial charge in [-0.05, 0) is 32.0 Å². The van der Waals surface area contributed by atoms with Crippen LogP contribution >= 0.6 is 0 Å². The van der Waals surface area contributed by atoms with Crippen molar-refractivity contribution in [1.29, 1.82) is 0 Å². The second-order valence-corrected chi connectivity index (χ2v) is 5.94. The molecular formula is C16H16FN7O. The summed E-state index contributed by atoms with van der Waals surface area (Å²) in [4.78, 5) is 26.0. The fourth-order valence-electron chi connectivity index (χ4n) is 3.08. The van der Waals surface area contributed by atoms with E-state index in [0.29, 0.717) is 22.6 Å². The van der Waals surface area contributed by atoms with Crippen LogP contribution in [-0.4, -0.2) is 37.7 Å². The summed E-state index contributed by atoms with van der Waals surface area (Å²) in [5.74, 6) is 0.289. The largest absolute Gasteiger partial charge is 0.324 e. The predicted molar refractivity (Wildman–Crippen MR) is 90.5 cm³/mol. The normalized spacial score (nSPS) is 17.1. The summed E-state index contributed by atoms with van der Waals surface area (Å²) < 4.78 is 15.0. The van der Waals surface area contributed by atoms with Crippen molar-refractivity contribution >= 4 is 28.8 Å². The van der Waals surface area contributed by atoms with Crippen molar-refractivity contribution in [1.82, 2.24) is 24.7 Å². The summed E-state index contributed by atoms with van der Waals surface area (Å²) in [5.41, 5.74) is 2.45. The molecule has 0 saturated heterocycles. The van der Waals surface area contributed by atoms with Gasteiger partial charge in [0.2, 0.25) is 11.9 Å². The molecule has 8 nitrogen and oxygen atoms in total. The fraction of sp³-hybridized carbons (Fsp3) is 0.250. The van der Waals surface area contributed by atoms with Gasteiger partial charge >= 0.3 is 0 Å². The highest BCUT2D eigenvalue weighted by molar-refractivity contribution is 6.05. The molecule has 2 aromatic heterocycles. The molecule has 9 heteroatoms. The third-order valence-corrected chi connectivity index (χ3v) is 4.45. The van der Waals surface area contributed by atoms with Crippen LogP contribution in [0.3, 0.4) is 0 Å². The van der Waals surface area contributed by atoms with Crippen molar-refractivity contribution in [2.75, 3.05) is 17.3 Å². The zero-order chi connectivity index (χ0) is 17.7. The lowest BCUT2D eigenvalue weighted by Gasteiger charge is -2.31. The first-order valence-electron chi connectivity index (χ1n) is 7.76. The fourth-order valence-corrected chi connectivity index (χ4v) is 3.08. The van der Waals surface area contributed by atoms with Gasteiger partial charge in [-0.15, -0.1) is 0 Å². The Hall–Kier alpha value is -3.23. The van der Waals surface area contributed by atoms with Crippen molar-refractivity contribution in [2.24, 2.45) is 0 Å². The van der Waals surface area contributed by atoms with Gasteiger partial charge in [-0.1, -0.05) is 0 Å². The molecule has 0 unspecified atom stereocenters. The van der Waals surface area contributed by atoms with Crippen LogP contribution in [0, 0.1) is 5.82 Å². The number of fused-ring (bicyclic) bond motifs is 2. The lowest BCUT2D eigenvalue weighted by molar-refractivity contribution is -0.113. The van der Waals surface area contributed by atoms with Gasteiger partial charge in [-0.25, -0.2) is 14.1 Å². The first-order chi connectivity index (χ1) is 12.0. The number of nitrogens with one attached hydrogen (secondary N) is 2. The Morgan fingerprint density at radius 3 is 3.00 bits per heavy atom. The van der Waals surface area contributed by atoms with E-state index < -0.39 is 0 Å². The molecule has 2 N–H and O–H groups in total. The van der Waals surface area contributed by atoms with E-state index >= 15 is 0 Å². The van der Waals surface area contributed by atoms with Crippen LogP contribution in [0.2, 0.25) is 0 Å². The second kappa shape index (κ2) is 5.40. The third kappa shape index (κ3) is 2.35. The van der Waals surface area contributed by atoms with E-state index in [0.717, 1.165) is 5.70 Å². The highest BCUT2D eigenvalue weighted by Gasteiger charge is 2.32. The molecule has 1 aromatic carbocycles. The van der Waals surface area contributed by atoms with Gasteiger partial charge in [-0.2, -0.15) is 10.1 Å². The van der Waals surface area contributed by atoms with Gasteiger partial charge in [0.05, 0.1) is 22.6 Å². The number of anilines is 2. The number of amides is 1. The molecule has 1 aliphatic rings. The monoisotopic (exact) mass is 341 g/mol. The molecule has 0 saturated carbocycles. The molecule has 0 aliphatic carbocycles. The zero-order valence-corrected chi connectivity index (χ0v) is 13.9. The van der Waals surface area contributed by atoms with E-state index in [1.807, 2.05) is 25.8 Å². The van der Waals surface area contributed by atoms with E-state index in [1.54, 1.807) is 10.7 Å². The Balaban J connectivity index is 1.66. The maximum atomic E-state index is 13.3. The van der Waals surface area contributed by atoms with Crippen LogP contribution in [0.5, 0.6) is 0 Å². The average Bonchev–Trinajstić information content (AvgIpc) is 3.19. The minimum absolute atomic E-state index is 0.268. The van der Waals surface area contributed by atoms with E-state index in [1.165, 1.54) is 18.5 Å². The molecule has 128 valence electrons. The Labute approximate surface area is 142 Å².